The standard InChI is InChI=1S/C19H22N2O4/c1-4-24-18-11-14(5-10-17(18)25-13(2)3)12-20-21-19(23)15-6-8-16(22)9-7-15/h5-13,22H,4H2,1-3H3,(H,21,23)/b20-12+. The number of hydrogen-bond donors (Lipinski definition) is 2. The van der Waals surface area contributed by atoms with E-state index in [-0.39, 0.29) is 17.8 Å². The molecule has 0 heterocycles. The Bertz CT molecular complexity index is 740. The van der Waals surface area contributed by atoms with Crippen molar-refractivity contribution in [1.29, 1.82) is 0 Å². The third-order valence-electron chi connectivity index (χ3n) is 3.14. The Balaban J connectivity index is 2.05. The molecule has 0 saturated heterocycles. The predicted molar refractivity (Wildman–Crippen MR) is 96.5 cm³/mol. The van der Waals surface area contributed by atoms with E-state index in [0.29, 0.717) is 23.7 Å². The van der Waals surface area contributed by atoms with Gasteiger partial charge in [-0.15, -0.1) is 0 Å². The van der Waals surface area contributed by atoms with Crippen LogP contribution in [-0.4, -0.2) is 29.9 Å². The van der Waals surface area contributed by atoms with Gasteiger partial charge in [0.15, 0.2) is 11.5 Å². The van der Waals surface area contributed by atoms with E-state index in [1.54, 1.807) is 6.07 Å². The van der Waals surface area contributed by atoms with Crippen LogP contribution < -0.4 is 14.9 Å². The van der Waals surface area contributed by atoms with Gasteiger partial charge in [-0.05, 0) is 68.8 Å². The Labute approximate surface area is 147 Å². The molecule has 0 atom stereocenters. The smallest absolute Gasteiger partial charge is 0.271 e. The van der Waals surface area contributed by atoms with Gasteiger partial charge >= 0.3 is 0 Å². The van der Waals surface area contributed by atoms with Crippen molar-refractivity contribution >= 4 is 12.1 Å². The maximum atomic E-state index is 11.9. The molecule has 0 aliphatic rings. The minimum Gasteiger partial charge on any atom is -0.508 e. The van der Waals surface area contributed by atoms with Gasteiger partial charge in [-0.1, -0.05) is 0 Å². The highest BCUT2D eigenvalue weighted by molar-refractivity contribution is 5.95. The zero-order chi connectivity index (χ0) is 18.2. The van der Waals surface area contributed by atoms with Gasteiger partial charge in [0.05, 0.1) is 18.9 Å². The number of carbonyl (C=O) groups is 1. The van der Waals surface area contributed by atoms with E-state index >= 15 is 0 Å². The Morgan fingerprint density at radius 3 is 2.56 bits per heavy atom. The van der Waals surface area contributed by atoms with Crippen molar-refractivity contribution in [2.45, 2.75) is 26.9 Å². The Morgan fingerprint density at radius 1 is 1.20 bits per heavy atom. The van der Waals surface area contributed by atoms with Crippen LogP contribution in [0.1, 0.15) is 36.7 Å². The number of ether oxygens (including phenoxy) is 2. The van der Waals surface area contributed by atoms with Crippen LogP contribution in [0.4, 0.5) is 0 Å². The third-order valence-corrected chi connectivity index (χ3v) is 3.14. The van der Waals surface area contributed by atoms with Crippen LogP contribution in [0.15, 0.2) is 47.6 Å². The number of nitrogens with zero attached hydrogens (tertiary/aromatic N) is 1. The minimum absolute atomic E-state index is 0.0447. The highest BCUT2D eigenvalue weighted by atomic mass is 16.5. The summed E-state index contributed by atoms with van der Waals surface area (Å²) in [4.78, 5) is 11.9. The summed E-state index contributed by atoms with van der Waals surface area (Å²) >= 11 is 0. The summed E-state index contributed by atoms with van der Waals surface area (Å²) in [5, 5.41) is 13.2. The van der Waals surface area contributed by atoms with Gasteiger partial charge in [-0.2, -0.15) is 5.10 Å². The zero-order valence-electron chi connectivity index (χ0n) is 14.5. The van der Waals surface area contributed by atoms with E-state index in [2.05, 4.69) is 10.5 Å². The summed E-state index contributed by atoms with van der Waals surface area (Å²) in [6.07, 6.45) is 1.57. The average molecular weight is 342 g/mol. The van der Waals surface area contributed by atoms with Crippen molar-refractivity contribution in [3.8, 4) is 17.2 Å². The number of nitrogens with one attached hydrogen (secondary N) is 1. The normalized spacial score (nSPS) is 10.9. The zero-order valence-corrected chi connectivity index (χ0v) is 14.5. The van der Waals surface area contributed by atoms with Gasteiger partial charge in [-0.3, -0.25) is 4.79 Å². The van der Waals surface area contributed by atoms with E-state index in [1.807, 2.05) is 32.9 Å². The number of hydrazone groups is 1. The minimum atomic E-state index is -0.360. The lowest BCUT2D eigenvalue weighted by Gasteiger charge is -2.14. The molecular weight excluding hydrogens is 320 g/mol. The predicted octanol–water partition coefficient (Wildman–Crippen LogP) is 3.34. The van der Waals surface area contributed by atoms with Crippen LogP contribution >= 0.6 is 0 Å². The lowest BCUT2D eigenvalue weighted by atomic mass is 10.2. The first kappa shape index (κ1) is 18.3. The SMILES string of the molecule is CCOc1cc(/C=N/NC(=O)c2ccc(O)cc2)ccc1OC(C)C. The van der Waals surface area contributed by atoms with Gasteiger partial charge in [-0.25, -0.2) is 5.43 Å². The number of carbonyl (C=O) groups excluding carboxylic acids is 1. The number of aromatic hydroxyl groups is 1. The number of phenols is 1. The van der Waals surface area contributed by atoms with Gasteiger partial charge < -0.3 is 14.6 Å². The molecule has 2 aromatic carbocycles. The highest BCUT2D eigenvalue weighted by Crippen LogP contribution is 2.28. The third kappa shape index (κ3) is 5.53. The molecule has 0 radical (unpaired) electrons. The van der Waals surface area contributed by atoms with Crippen LogP contribution in [-0.2, 0) is 0 Å². The Kier molecular flexibility index (Phi) is 6.39. The molecule has 1 amide bonds. The van der Waals surface area contributed by atoms with Gasteiger partial charge in [0, 0.05) is 5.56 Å². The van der Waals surface area contributed by atoms with Crippen molar-refractivity contribution in [3.63, 3.8) is 0 Å². The van der Waals surface area contributed by atoms with Crippen LogP contribution in [0, 0.1) is 0 Å². The molecule has 0 bridgehead atoms. The Morgan fingerprint density at radius 2 is 1.92 bits per heavy atom. The highest BCUT2D eigenvalue weighted by Gasteiger charge is 2.08. The molecule has 2 aromatic rings. The average Bonchev–Trinajstić information content (AvgIpc) is 2.57. The molecule has 0 fully saturated rings. The van der Waals surface area contributed by atoms with Crippen molar-refractivity contribution < 1.29 is 19.4 Å². The molecular formula is C19H22N2O4. The molecule has 25 heavy (non-hydrogen) atoms. The summed E-state index contributed by atoms with van der Waals surface area (Å²) in [5.74, 6) is 1.04. The summed E-state index contributed by atoms with van der Waals surface area (Å²) in [6, 6.07) is 11.4. The van der Waals surface area contributed by atoms with E-state index in [1.165, 1.54) is 30.5 Å². The molecule has 6 nitrogen and oxygen atoms in total. The molecule has 0 saturated carbocycles. The van der Waals surface area contributed by atoms with Crippen molar-refractivity contribution in [1.82, 2.24) is 5.43 Å². The molecule has 0 aromatic heterocycles. The van der Waals surface area contributed by atoms with Crippen molar-refractivity contribution in [2.24, 2.45) is 5.10 Å². The van der Waals surface area contributed by atoms with Crippen molar-refractivity contribution in [3.05, 3.63) is 53.6 Å². The van der Waals surface area contributed by atoms with Crippen LogP contribution in [0.5, 0.6) is 17.2 Å². The van der Waals surface area contributed by atoms with Crippen molar-refractivity contribution in [2.75, 3.05) is 6.61 Å². The topological polar surface area (TPSA) is 80.2 Å². The fourth-order valence-corrected chi connectivity index (χ4v) is 2.07. The summed E-state index contributed by atoms with van der Waals surface area (Å²) in [7, 11) is 0. The number of rotatable bonds is 7. The molecule has 0 aliphatic heterocycles. The second-order valence-electron chi connectivity index (χ2n) is 5.55. The second kappa shape index (κ2) is 8.73. The van der Waals surface area contributed by atoms with E-state index < -0.39 is 0 Å². The second-order valence-corrected chi connectivity index (χ2v) is 5.55. The van der Waals surface area contributed by atoms with Gasteiger partial charge in [0.2, 0.25) is 0 Å². The van der Waals surface area contributed by atoms with E-state index in [9.17, 15) is 9.90 Å². The largest absolute Gasteiger partial charge is 0.508 e. The van der Waals surface area contributed by atoms with Gasteiger partial charge in [0.1, 0.15) is 5.75 Å². The maximum Gasteiger partial charge on any atom is 0.271 e. The summed E-state index contributed by atoms with van der Waals surface area (Å²) < 4.78 is 11.3. The van der Waals surface area contributed by atoms with Crippen LogP contribution in [0.2, 0.25) is 0 Å². The Hall–Kier alpha value is -3.02. The lowest BCUT2D eigenvalue weighted by molar-refractivity contribution is 0.0955. The summed E-state index contributed by atoms with van der Waals surface area (Å²) in [6.45, 7) is 6.32. The summed E-state index contributed by atoms with van der Waals surface area (Å²) in [5.41, 5.74) is 3.62. The molecule has 2 N–H and O–H groups in total. The first-order chi connectivity index (χ1) is 12.0. The molecule has 0 spiro atoms. The quantitative estimate of drug-likeness (QED) is 0.597. The number of benzene rings is 2. The fourth-order valence-electron chi connectivity index (χ4n) is 2.07. The molecule has 6 heteroatoms. The maximum absolute atomic E-state index is 11.9. The lowest BCUT2D eigenvalue weighted by Crippen LogP contribution is -2.17. The first-order valence-electron chi connectivity index (χ1n) is 8.05. The fraction of sp³-hybridized carbons (Fsp3) is 0.263. The van der Waals surface area contributed by atoms with Crippen LogP contribution in [0.3, 0.4) is 0 Å². The van der Waals surface area contributed by atoms with Gasteiger partial charge in [0.25, 0.3) is 5.91 Å². The van der Waals surface area contributed by atoms with Crippen LogP contribution in [0.25, 0.3) is 0 Å². The monoisotopic (exact) mass is 342 g/mol. The van der Waals surface area contributed by atoms with E-state index in [0.717, 1.165) is 5.56 Å². The number of hydrogen-bond acceptors (Lipinski definition) is 5. The molecule has 0 aliphatic carbocycles. The number of amides is 1. The molecule has 132 valence electrons. The first-order valence-corrected chi connectivity index (χ1v) is 8.05. The number of phenolic OH excluding ortho intramolecular Hbond substituents is 1. The van der Waals surface area contributed by atoms with E-state index in [4.69, 9.17) is 9.47 Å². The molecule has 0 unspecified atom stereocenters. The molecule has 2 rings (SSSR count).